The van der Waals surface area contributed by atoms with Crippen molar-refractivity contribution >= 4 is 33.2 Å². The number of anilines is 1. The van der Waals surface area contributed by atoms with Crippen LogP contribution < -0.4 is 5.32 Å². The molecule has 2 aromatic carbocycles. The molecule has 1 saturated heterocycles. The first kappa shape index (κ1) is 20.7. The van der Waals surface area contributed by atoms with Crippen molar-refractivity contribution in [1.82, 2.24) is 9.21 Å². The quantitative estimate of drug-likeness (QED) is 0.799. The topological polar surface area (TPSA) is 69.7 Å². The van der Waals surface area contributed by atoms with E-state index in [-0.39, 0.29) is 41.3 Å². The van der Waals surface area contributed by atoms with Crippen LogP contribution in [0.1, 0.15) is 5.56 Å². The molecule has 0 bridgehead atoms. The Labute approximate surface area is 168 Å². The molecule has 0 aliphatic carbocycles. The number of rotatable bonds is 5. The zero-order chi connectivity index (χ0) is 20.3. The Morgan fingerprint density at radius 2 is 1.75 bits per heavy atom. The second-order valence-electron chi connectivity index (χ2n) is 6.67. The number of carbonyl (C=O) groups is 1. The molecule has 0 atom stereocenters. The van der Waals surface area contributed by atoms with Gasteiger partial charge in [-0.15, -0.1) is 0 Å². The highest BCUT2D eigenvalue weighted by atomic mass is 35.5. The van der Waals surface area contributed by atoms with Gasteiger partial charge >= 0.3 is 0 Å². The van der Waals surface area contributed by atoms with Crippen LogP contribution in [0.15, 0.2) is 47.4 Å². The van der Waals surface area contributed by atoms with E-state index >= 15 is 0 Å². The third-order valence-corrected chi connectivity index (χ3v) is 6.91. The standard InChI is InChI=1S/C19H21ClFN3O3S/c1-14-2-7-18(17(20)12-14)28(26,27)24-10-8-23(9-11-24)13-19(25)22-16-5-3-15(21)4-6-16/h2-7,12H,8-11,13H2,1H3,(H,22,25). The average Bonchev–Trinajstić information content (AvgIpc) is 2.64. The zero-order valence-corrected chi connectivity index (χ0v) is 16.9. The molecule has 1 amide bonds. The molecule has 3 rings (SSSR count). The number of nitrogens with one attached hydrogen (secondary N) is 1. The van der Waals surface area contributed by atoms with E-state index in [1.807, 2.05) is 11.8 Å². The largest absolute Gasteiger partial charge is 0.325 e. The predicted molar refractivity (Wildman–Crippen MR) is 106 cm³/mol. The summed E-state index contributed by atoms with van der Waals surface area (Å²) in [5.41, 5.74) is 1.41. The number of halogens is 2. The molecule has 6 nitrogen and oxygen atoms in total. The van der Waals surface area contributed by atoms with Crippen molar-refractivity contribution in [3.8, 4) is 0 Å². The first-order valence-corrected chi connectivity index (χ1v) is 10.6. The van der Waals surface area contributed by atoms with Gasteiger partial charge in [-0.3, -0.25) is 9.69 Å². The highest BCUT2D eigenvalue weighted by Gasteiger charge is 2.30. The van der Waals surface area contributed by atoms with Crippen molar-refractivity contribution in [3.05, 3.63) is 58.9 Å². The number of hydrogen-bond acceptors (Lipinski definition) is 4. The van der Waals surface area contributed by atoms with E-state index in [0.717, 1.165) is 5.56 Å². The highest BCUT2D eigenvalue weighted by molar-refractivity contribution is 7.89. The molecule has 1 heterocycles. The number of hydrogen-bond donors (Lipinski definition) is 1. The molecule has 1 aliphatic heterocycles. The van der Waals surface area contributed by atoms with E-state index in [9.17, 15) is 17.6 Å². The summed E-state index contributed by atoms with van der Waals surface area (Å²) >= 11 is 6.12. The van der Waals surface area contributed by atoms with Crippen LogP contribution in [0, 0.1) is 12.7 Å². The molecule has 0 unspecified atom stereocenters. The maximum Gasteiger partial charge on any atom is 0.244 e. The summed E-state index contributed by atoms with van der Waals surface area (Å²) in [6.07, 6.45) is 0. The molecule has 9 heteroatoms. The Morgan fingerprint density at radius 3 is 2.36 bits per heavy atom. The molecule has 28 heavy (non-hydrogen) atoms. The number of aryl methyl sites for hydroxylation is 1. The number of nitrogens with zero attached hydrogens (tertiary/aromatic N) is 2. The van der Waals surface area contributed by atoms with Crippen LogP contribution in [-0.2, 0) is 14.8 Å². The minimum atomic E-state index is -3.68. The molecule has 150 valence electrons. The summed E-state index contributed by atoms with van der Waals surface area (Å²) in [6.45, 7) is 3.39. The summed E-state index contributed by atoms with van der Waals surface area (Å²) in [5, 5.41) is 2.91. The maximum atomic E-state index is 12.9. The molecular formula is C19H21ClFN3O3S. The Hall–Kier alpha value is -2.00. The van der Waals surface area contributed by atoms with Gasteiger partial charge in [0.05, 0.1) is 11.6 Å². The molecular weight excluding hydrogens is 405 g/mol. The van der Waals surface area contributed by atoms with Crippen molar-refractivity contribution in [2.24, 2.45) is 0 Å². The van der Waals surface area contributed by atoms with E-state index in [1.54, 1.807) is 12.1 Å². The van der Waals surface area contributed by atoms with Gasteiger partial charge in [-0.25, -0.2) is 12.8 Å². The van der Waals surface area contributed by atoms with E-state index in [1.165, 1.54) is 34.6 Å². The fourth-order valence-electron chi connectivity index (χ4n) is 3.02. The monoisotopic (exact) mass is 425 g/mol. The maximum absolute atomic E-state index is 12.9. The second kappa shape index (κ2) is 8.57. The lowest BCUT2D eigenvalue weighted by molar-refractivity contribution is -0.117. The van der Waals surface area contributed by atoms with Crippen LogP contribution in [0.3, 0.4) is 0 Å². The van der Waals surface area contributed by atoms with Crippen LogP contribution in [-0.4, -0.2) is 56.3 Å². The lowest BCUT2D eigenvalue weighted by Gasteiger charge is -2.33. The Kier molecular flexibility index (Phi) is 6.34. The van der Waals surface area contributed by atoms with Crippen LogP contribution in [0.4, 0.5) is 10.1 Å². The average molecular weight is 426 g/mol. The Balaban J connectivity index is 1.56. The van der Waals surface area contributed by atoms with Gasteiger partial charge in [0.15, 0.2) is 0 Å². The normalized spacial score (nSPS) is 16.1. The molecule has 0 spiro atoms. The molecule has 1 N–H and O–H groups in total. The summed E-state index contributed by atoms with van der Waals surface area (Å²) in [5.74, 6) is -0.603. The molecule has 1 aliphatic rings. The van der Waals surface area contributed by atoms with E-state index < -0.39 is 10.0 Å². The molecule has 0 radical (unpaired) electrons. The summed E-state index contributed by atoms with van der Waals surface area (Å²) in [4.78, 5) is 14.1. The lowest BCUT2D eigenvalue weighted by atomic mass is 10.2. The number of amides is 1. The number of sulfonamides is 1. The van der Waals surface area contributed by atoms with Crippen molar-refractivity contribution < 1.29 is 17.6 Å². The van der Waals surface area contributed by atoms with E-state index in [4.69, 9.17) is 11.6 Å². The number of carbonyl (C=O) groups excluding carboxylic acids is 1. The minimum Gasteiger partial charge on any atom is -0.325 e. The van der Waals surface area contributed by atoms with Gasteiger partial charge in [0.25, 0.3) is 0 Å². The van der Waals surface area contributed by atoms with Gasteiger partial charge in [0.1, 0.15) is 10.7 Å². The van der Waals surface area contributed by atoms with Crippen LogP contribution >= 0.6 is 11.6 Å². The number of benzene rings is 2. The smallest absolute Gasteiger partial charge is 0.244 e. The van der Waals surface area contributed by atoms with Crippen molar-refractivity contribution in [2.45, 2.75) is 11.8 Å². The lowest BCUT2D eigenvalue weighted by Crippen LogP contribution is -2.50. The first-order valence-electron chi connectivity index (χ1n) is 8.80. The molecule has 1 fully saturated rings. The van der Waals surface area contributed by atoms with Gasteiger partial charge in [0, 0.05) is 31.9 Å². The van der Waals surface area contributed by atoms with E-state index in [2.05, 4.69) is 5.32 Å². The second-order valence-corrected chi connectivity index (χ2v) is 8.98. The van der Waals surface area contributed by atoms with Gasteiger partial charge in [-0.05, 0) is 48.9 Å². The van der Waals surface area contributed by atoms with Crippen molar-refractivity contribution in [3.63, 3.8) is 0 Å². The highest BCUT2D eigenvalue weighted by Crippen LogP contribution is 2.26. The summed E-state index contributed by atoms with van der Waals surface area (Å²) < 4.78 is 40.0. The van der Waals surface area contributed by atoms with E-state index in [0.29, 0.717) is 18.8 Å². The fraction of sp³-hybridized carbons (Fsp3) is 0.316. The van der Waals surface area contributed by atoms with Gasteiger partial charge in [-0.1, -0.05) is 17.7 Å². The Bertz CT molecular complexity index is 959. The third-order valence-electron chi connectivity index (χ3n) is 4.53. The van der Waals surface area contributed by atoms with Crippen LogP contribution in [0.5, 0.6) is 0 Å². The minimum absolute atomic E-state index is 0.0993. The van der Waals surface area contributed by atoms with Gasteiger partial charge in [0.2, 0.25) is 15.9 Å². The predicted octanol–water partition coefficient (Wildman–Crippen LogP) is 2.73. The SMILES string of the molecule is Cc1ccc(S(=O)(=O)N2CCN(CC(=O)Nc3ccc(F)cc3)CC2)c(Cl)c1. The molecule has 0 aromatic heterocycles. The molecule has 2 aromatic rings. The zero-order valence-electron chi connectivity index (χ0n) is 15.4. The van der Waals surface area contributed by atoms with Gasteiger partial charge < -0.3 is 5.32 Å². The summed E-state index contributed by atoms with van der Waals surface area (Å²) in [6, 6.07) is 10.4. The van der Waals surface area contributed by atoms with Crippen molar-refractivity contribution in [1.29, 1.82) is 0 Å². The number of piperazine rings is 1. The van der Waals surface area contributed by atoms with Crippen molar-refractivity contribution in [2.75, 3.05) is 38.0 Å². The van der Waals surface area contributed by atoms with Crippen LogP contribution in [0.25, 0.3) is 0 Å². The van der Waals surface area contributed by atoms with Gasteiger partial charge in [-0.2, -0.15) is 4.31 Å². The Morgan fingerprint density at radius 1 is 1.11 bits per heavy atom. The molecule has 0 saturated carbocycles. The first-order chi connectivity index (χ1) is 13.3. The van der Waals surface area contributed by atoms with Crippen LogP contribution in [0.2, 0.25) is 5.02 Å². The third kappa shape index (κ3) is 4.88. The fourth-order valence-corrected chi connectivity index (χ4v) is 5.01. The summed E-state index contributed by atoms with van der Waals surface area (Å²) in [7, 11) is -3.68.